The fourth-order valence-electron chi connectivity index (χ4n) is 9.84. The Balaban J connectivity index is 0.000000589. The number of aryl methyl sites for hydroxylation is 2. The van der Waals surface area contributed by atoms with Gasteiger partial charge >= 0.3 is 23.1 Å². The molecule has 378 valence electrons. The molecule has 0 aromatic heterocycles. The third kappa shape index (κ3) is 21.9. The molecule has 10 nitrogen and oxygen atoms in total. The number of aliphatic hydroxyl groups excluding tert-OH is 2. The van der Waals surface area contributed by atoms with E-state index < -0.39 is 29.2 Å². The van der Waals surface area contributed by atoms with Gasteiger partial charge in [0.15, 0.2) is 12.6 Å². The van der Waals surface area contributed by atoms with Gasteiger partial charge in [0, 0.05) is 38.9 Å². The molecule has 0 radical (unpaired) electrons. The maximum Gasteiger partial charge on any atom is 0.335 e. The molecule has 2 aliphatic heterocycles. The van der Waals surface area contributed by atoms with Crippen molar-refractivity contribution in [2.24, 2.45) is 71.0 Å². The summed E-state index contributed by atoms with van der Waals surface area (Å²) < 4.78 is 55.9. The molecule has 12 heteroatoms. The number of hydrogen-bond acceptors (Lipinski definition) is 10. The molecule has 2 heterocycles. The van der Waals surface area contributed by atoms with Crippen LogP contribution in [0, 0.1) is 71.0 Å². The minimum absolute atomic E-state index is 0.0410. The molecule has 0 unspecified atom stereocenters. The first kappa shape index (κ1) is 61.6. The van der Waals surface area contributed by atoms with E-state index in [9.17, 15) is 10.2 Å². The molecule has 0 aliphatic carbocycles. The van der Waals surface area contributed by atoms with E-state index in [2.05, 4.69) is 150 Å². The standard InChI is InChI=1S/C27H46O3.C27H44O3.2O2S/c2*1-18(13-15-24-11-9-8-10-12-24)21(4)22(5)19(2)14-16-25(28)23(6)27-20(3)17-26(29-7)30-27;2*1-3-2/h8-12,18-23,25-28H,13-17H2,1-7H3;8-12,14,16,18-23,25-28H,13,15,17H2,1-7H3;;/b;16-14+;;/t2*18-,19-,20+,21+,22-,23-,25+,26-,27+;;/m00../s1. The molecular weight excluding hydrogens is 873 g/mol. The Kier molecular flexibility index (Phi) is 31.7. The van der Waals surface area contributed by atoms with E-state index in [1.807, 2.05) is 6.08 Å². The summed E-state index contributed by atoms with van der Waals surface area (Å²) in [6.45, 7) is 27.5. The minimum atomic E-state index is -0.750. The summed E-state index contributed by atoms with van der Waals surface area (Å²) in [4.78, 5) is 0. The molecule has 0 bridgehead atoms. The van der Waals surface area contributed by atoms with Gasteiger partial charge < -0.3 is 29.2 Å². The molecule has 0 saturated carbocycles. The van der Waals surface area contributed by atoms with Crippen molar-refractivity contribution in [3.8, 4) is 0 Å². The number of aliphatic hydroxyl groups is 2. The van der Waals surface area contributed by atoms with Gasteiger partial charge in [-0.05, 0) is 109 Å². The van der Waals surface area contributed by atoms with E-state index in [0.717, 1.165) is 38.5 Å². The SMILES string of the molecule is CO[C@@H]1C[C@@H](C)[C@H]([C@@H](C)[C@H](O)/C=C/[C@H](C)[C@H](C)[C@H](C)[C@@H](C)CCc2ccccc2)O1.CO[C@@H]1C[C@@H](C)[C@H]([C@@H](C)[C@H](O)CC[C@H](C)[C@H](C)[C@H](C)[C@@H](C)CCc2ccccc2)O1.O=S=O.O=S=O. The predicted octanol–water partition coefficient (Wildman–Crippen LogP) is 11.1. The van der Waals surface area contributed by atoms with Crippen LogP contribution in [0.25, 0.3) is 0 Å². The summed E-state index contributed by atoms with van der Waals surface area (Å²) in [5.41, 5.74) is 2.86. The van der Waals surface area contributed by atoms with Crippen LogP contribution in [0.1, 0.15) is 133 Å². The van der Waals surface area contributed by atoms with Crippen LogP contribution >= 0.6 is 0 Å². The maximum atomic E-state index is 10.8. The third-order valence-electron chi connectivity index (χ3n) is 15.7. The molecule has 2 saturated heterocycles. The summed E-state index contributed by atoms with van der Waals surface area (Å²) in [6, 6.07) is 21.6. The Morgan fingerprint density at radius 1 is 0.561 bits per heavy atom. The highest BCUT2D eigenvalue weighted by molar-refractivity contribution is 7.51. The molecule has 66 heavy (non-hydrogen) atoms. The zero-order valence-corrected chi connectivity index (χ0v) is 44.6. The lowest BCUT2D eigenvalue weighted by molar-refractivity contribution is -0.137. The molecule has 2 aromatic rings. The van der Waals surface area contributed by atoms with E-state index in [-0.39, 0.29) is 42.7 Å². The Labute approximate surface area is 408 Å². The predicted molar refractivity (Wildman–Crippen MR) is 268 cm³/mol. The molecule has 4 rings (SSSR count). The van der Waals surface area contributed by atoms with E-state index in [0.29, 0.717) is 59.2 Å². The number of allylic oxidation sites excluding steroid dienone is 1. The highest BCUT2D eigenvalue weighted by Crippen LogP contribution is 2.37. The third-order valence-corrected chi connectivity index (χ3v) is 15.7. The molecule has 2 aliphatic rings. The lowest BCUT2D eigenvalue weighted by Crippen LogP contribution is -2.33. The highest BCUT2D eigenvalue weighted by Gasteiger charge is 2.39. The molecule has 2 aromatic carbocycles. The number of rotatable bonds is 23. The van der Waals surface area contributed by atoms with Crippen molar-refractivity contribution in [1.82, 2.24) is 0 Å². The van der Waals surface area contributed by atoms with Gasteiger partial charge in [-0.1, -0.05) is 156 Å². The van der Waals surface area contributed by atoms with Crippen LogP contribution in [0.2, 0.25) is 0 Å². The smallest absolute Gasteiger partial charge is 0.335 e. The quantitative estimate of drug-likeness (QED) is 0.103. The first-order valence-corrected chi connectivity index (χ1v) is 26.0. The number of benzene rings is 2. The van der Waals surface area contributed by atoms with Crippen LogP contribution in [0.5, 0.6) is 0 Å². The summed E-state index contributed by atoms with van der Waals surface area (Å²) in [5.74, 6) is 5.95. The number of hydrogen-bond donors (Lipinski definition) is 2. The van der Waals surface area contributed by atoms with E-state index in [1.165, 1.54) is 24.0 Å². The zero-order chi connectivity index (χ0) is 49.9. The fourth-order valence-corrected chi connectivity index (χ4v) is 9.84. The van der Waals surface area contributed by atoms with Crippen LogP contribution in [0.15, 0.2) is 72.8 Å². The van der Waals surface area contributed by atoms with Crippen molar-refractivity contribution in [3.63, 3.8) is 0 Å². The van der Waals surface area contributed by atoms with Crippen molar-refractivity contribution in [3.05, 3.63) is 83.9 Å². The van der Waals surface area contributed by atoms with Crippen LogP contribution in [0.3, 0.4) is 0 Å². The fraction of sp³-hybridized carbons (Fsp3) is 0.741. The lowest BCUT2D eigenvalue weighted by Gasteiger charge is -2.32. The Morgan fingerprint density at radius 3 is 1.30 bits per heavy atom. The normalized spacial score (nSPS) is 25.9. The topological polar surface area (TPSA) is 146 Å². The molecule has 2 fully saturated rings. The maximum absolute atomic E-state index is 10.8. The van der Waals surface area contributed by atoms with Gasteiger partial charge in [-0.3, -0.25) is 0 Å². The summed E-state index contributed by atoms with van der Waals surface area (Å²) >= 11 is -1.50. The molecular formula is C54H90O10S2. The summed E-state index contributed by atoms with van der Waals surface area (Å²) in [5, 5.41) is 21.6. The second kappa shape index (κ2) is 34.0. The van der Waals surface area contributed by atoms with Crippen molar-refractivity contribution in [2.45, 2.75) is 171 Å². The molecule has 0 spiro atoms. The molecule has 2 N–H and O–H groups in total. The van der Waals surface area contributed by atoms with Crippen LogP contribution in [-0.4, -0.2) is 78.3 Å². The Hall–Kier alpha value is -2.42. The van der Waals surface area contributed by atoms with Crippen molar-refractivity contribution < 1.29 is 46.0 Å². The van der Waals surface area contributed by atoms with Crippen LogP contribution < -0.4 is 0 Å². The van der Waals surface area contributed by atoms with Gasteiger partial charge in [0.1, 0.15) is 0 Å². The zero-order valence-electron chi connectivity index (χ0n) is 43.0. The average Bonchev–Trinajstić information content (AvgIpc) is 3.91. The summed E-state index contributed by atoms with van der Waals surface area (Å²) in [6.07, 6.45) is 11.8. The largest absolute Gasteiger partial charge is 0.393 e. The second-order valence-corrected chi connectivity index (χ2v) is 20.4. The first-order valence-electron chi connectivity index (χ1n) is 24.6. The highest BCUT2D eigenvalue weighted by atomic mass is 32.1. The second-order valence-electron chi connectivity index (χ2n) is 20.1. The van der Waals surface area contributed by atoms with Crippen LogP contribution in [0.4, 0.5) is 0 Å². The Bertz CT molecular complexity index is 1630. The van der Waals surface area contributed by atoms with E-state index in [4.69, 9.17) is 35.8 Å². The molecule has 18 atom stereocenters. The lowest BCUT2D eigenvalue weighted by atomic mass is 9.74. The average molecular weight is 963 g/mol. The van der Waals surface area contributed by atoms with Gasteiger partial charge in [-0.15, -0.1) is 0 Å². The summed E-state index contributed by atoms with van der Waals surface area (Å²) in [7, 11) is 3.39. The minimum Gasteiger partial charge on any atom is -0.393 e. The number of ether oxygens (including phenoxy) is 4. The number of methoxy groups -OCH3 is 2. The molecule has 0 amide bonds. The first-order chi connectivity index (χ1) is 31.3. The monoisotopic (exact) mass is 963 g/mol. The van der Waals surface area contributed by atoms with Gasteiger partial charge in [0.25, 0.3) is 0 Å². The van der Waals surface area contributed by atoms with Crippen LogP contribution in [-0.2, 0) is 54.9 Å². The van der Waals surface area contributed by atoms with Gasteiger partial charge in [0.2, 0.25) is 0 Å². The van der Waals surface area contributed by atoms with Gasteiger partial charge in [0.05, 0.1) is 24.4 Å². The van der Waals surface area contributed by atoms with E-state index >= 15 is 0 Å². The van der Waals surface area contributed by atoms with E-state index in [1.54, 1.807) is 14.2 Å². The van der Waals surface area contributed by atoms with Crippen molar-refractivity contribution in [2.75, 3.05) is 14.2 Å². The van der Waals surface area contributed by atoms with Crippen molar-refractivity contribution >= 4 is 23.1 Å². The van der Waals surface area contributed by atoms with Gasteiger partial charge in [-0.25, -0.2) is 0 Å². The van der Waals surface area contributed by atoms with Gasteiger partial charge in [-0.2, -0.15) is 16.8 Å². The Morgan fingerprint density at radius 2 is 0.924 bits per heavy atom. The van der Waals surface area contributed by atoms with Crippen molar-refractivity contribution in [1.29, 1.82) is 0 Å².